The first kappa shape index (κ1) is 43.9. The summed E-state index contributed by atoms with van der Waals surface area (Å²) in [7, 11) is 0. The quantitative estimate of drug-likeness (QED) is 0.0759. The Bertz CT molecular complexity index is 1420. The van der Waals surface area contributed by atoms with Crippen molar-refractivity contribution in [3.8, 4) is 17.5 Å². The number of aromatic nitrogens is 6. The minimum atomic E-state index is -0.750. The predicted molar refractivity (Wildman–Crippen MR) is 155 cm³/mol. The van der Waals surface area contributed by atoms with Crippen LogP contribution in [0.15, 0.2) is 73.1 Å². The zero-order valence-corrected chi connectivity index (χ0v) is 27.8. The van der Waals surface area contributed by atoms with Crippen LogP contribution in [-0.2, 0) is 34.4 Å². The summed E-state index contributed by atoms with van der Waals surface area (Å²) >= 11 is 28.8. The van der Waals surface area contributed by atoms with Crippen molar-refractivity contribution in [3.05, 3.63) is 98.6 Å². The average molecular weight is 859 g/mol. The largest absolute Gasteiger partial charge is 0.254 e. The van der Waals surface area contributed by atoms with E-state index in [1.807, 2.05) is 18.2 Å². The number of benzene rings is 2. The number of fused-ring (bicyclic) bond motifs is 3. The Kier molecular flexibility index (Phi) is 29.8. The van der Waals surface area contributed by atoms with E-state index in [9.17, 15) is 0 Å². The third kappa shape index (κ3) is 18.8. The molecule has 0 saturated carbocycles. The fourth-order valence-corrected chi connectivity index (χ4v) is 2.63. The van der Waals surface area contributed by atoms with Crippen LogP contribution in [0.3, 0.4) is 0 Å². The molecule has 10 nitrogen and oxygen atoms in total. The Balaban J connectivity index is -0.000000502. The number of rotatable bonds is 1. The molecular weight excluding hydrogens is 845 g/mol. The Morgan fingerprint density at radius 1 is 0.690 bits per heavy atom. The van der Waals surface area contributed by atoms with Gasteiger partial charge in [0.05, 0.1) is 22.7 Å². The van der Waals surface area contributed by atoms with Crippen molar-refractivity contribution in [1.82, 2.24) is 30.6 Å². The van der Waals surface area contributed by atoms with Crippen LogP contribution < -0.4 is 5.10 Å². The molecule has 2 aromatic carbocycles. The Hall–Kier alpha value is -2.56. The van der Waals surface area contributed by atoms with E-state index < -0.39 is 8.59 Å². The SMILES string of the molecule is ClC(Cl)Cl.ClC(Cl)Cl.N#Cc1ccc(-c2nnn[n-]2)cc1.[C-]#[O+].[C-]#[O+].[C-]#[O+].[Re].c1cnc2c(c1)ccc1cccnc12. The molecule has 42 heavy (non-hydrogen) atoms. The molecule has 0 aliphatic carbocycles. The number of tetrazole rings is 1. The zero-order valence-electron chi connectivity index (χ0n) is 20.6. The van der Waals surface area contributed by atoms with Crippen molar-refractivity contribution in [2.24, 2.45) is 0 Å². The van der Waals surface area contributed by atoms with Crippen LogP contribution in [0.2, 0.25) is 0 Å². The molecule has 3 aromatic heterocycles. The number of halogens is 6. The first-order valence-corrected chi connectivity index (χ1v) is 12.7. The molecule has 17 heteroatoms. The average Bonchev–Trinajstić information content (AvgIpc) is 3.55. The second-order valence-electron chi connectivity index (χ2n) is 6.10. The van der Waals surface area contributed by atoms with E-state index in [0.29, 0.717) is 11.4 Å². The molecule has 0 fully saturated rings. The van der Waals surface area contributed by atoms with Crippen molar-refractivity contribution >= 4 is 91.4 Å². The first-order chi connectivity index (χ1) is 19.8. The Morgan fingerprint density at radius 3 is 1.43 bits per heavy atom. The molecular formula is C25H14Cl6N7O3Re-. The van der Waals surface area contributed by atoms with Gasteiger partial charge in [0, 0.05) is 49.4 Å². The summed E-state index contributed by atoms with van der Waals surface area (Å²) < 4.78 is 21.0. The van der Waals surface area contributed by atoms with E-state index in [0.717, 1.165) is 27.4 Å². The van der Waals surface area contributed by atoms with E-state index in [4.69, 9.17) is 88.8 Å². The topological polar surface area (TPSA) is 162 Å². The maximum atomic E-state index is 8.55. The second kappa shape index (κ2) is 28.6. The van der Waals surface area contributed by atoms with Crippen molar-refractivity contribution in [2.45, 2.75) is 8.59 Å². The number of hydrogen-bond acceptors (Lipinski definition) is 6. The summed E-state index contributed by atoms with van der Waals surface area (Å²) in [6.45, 7) is 13.5. The van der Waals surface area contributed by atoms with Gasteiger partial charge >= 0.3 is 33.9 Å². The molecule has 0 N–H and O–H groups in total. The van der Waals surface area contributed by atoms with E-state index in [1.165, 1.54) is 0 Å². The van der Waals surface area contributed by atoms with Gasteiger partial charge in [-0.2, -0.15) is 10.5 Å². The van der Waals surface area contributed by atoms with Crippen LogP contribution in [0, 0.1) is 31.3 Å². The summed E-state index contributed by atoms with van der Waals surface area (Å²) in [6, 6.07) is 21.1. The van der Waals surface area contributed by atoms with Crippen molar-refractivity contribution < 1.29 is 34.4 Å². The van der Waals surface area contributed by atoms with Gasteiger partial charge < -0.3 is 5.10 Å². The van der Waals surface area contributed by atoms with Crippen molar-refractivity contribution in [1.29, 1.82) is 5.26 Å². The number of nitriles is 1. The smallest absolute Gasteiger partial charge is 0.0964 e. The normalized spacial score (nSPS) is 8.40. The van der Waals surface area contributed by atoms with Crippen molar-refractivity contribution in [2.75, 3.05) is 0 Å². The summed E-state index contributed by atoms with van der Waals surface area (Å²) in [4.78, 5) is 8.69. The second-order valence-corrected chi connectivity index (χ2v) is 10.1. The molecule has 0 aliphatic heterocycles. The third-order valence-electron chi connectivity index (χ3n) is 3.94. The van der Waals surface area contributed by atoms with Crippen LogP contribution in [0.4, 0.5) is 0 Å². The molecule has 0 unspecified atom stereocenters. The van der Waals surface area contributed by atoms with Crippen LogP contribution in [0.5, 0.6) is 0 Å². The Labute approximate surface area is 284 Å². The monoisotopic (exact) mass is 857 g/mol. The van der Waals surface area contributed by atoms with Crippen LogP contribution >= 0.6 is 69.6 Å². The summed E-state index contributed by atoms with van der Waals surface area (Å²) in [6.07, 6.45) is 3.60. The van der Waals surface area contributed by atoms with E-state index >= 15 is 0 Å². The van der Waals surface area contributed by atoms with Gasteiger partial charge in [0.25, 0.3) is 0 Å². The minimum absolute atomic E-state index is 0. The van der Waals surface area contributed by atoms with Gasteiger partial charge in [0.2, 0.25) is 0 Å². The van der Waals surface area contributed by atoms with Crippen LogP contribution in [0.25, 0.3) is 33.2 Å². The molecule has 5 rings (SSSR count). The number of alkyl halides is 6. The van der Waals surface area contributed by atoms with Gasteiger partial charge in [0.1, 0.15) is 0 Å². The van der Waals surface area contributed by atoms with Gasteiger partial charge in [-0.3, -0.25) is 20.3 Å². The molecule has 1 radical (unpaired) electrons. The van der Waals surface area contributed by atoms with E-state index in [2.05, 4.69) is 74.8 Å². The summed E-state index contributed by atoms with van der Waals surface area (Å²) in [5.41, 5.74) is 3.37. The molecule has 217 valence electrons. The molecule has 0 aliphatic rings. The zero-order chi connectivity index (χ0) is 31.6. The first-order valence-electron chi connectivity index (χ1n) is 10.0. The van der Waals surface area contributed by atoms with Gasteiger partial charge in [-0.1, -0.05) is 106 Å². The molecule has 0 bridgehead atoms. The number of nitrogens with zero attached hydrogens (tertiary/aromatic N) is 7. The fourth-order valence-electron chi connectivity index (χ4n) is 2.63. The van der Waals surface area contributed by atoms with Gasteiger partial charge in [0.15, 0.2) is 8.59 Å². The van der Waals surface area contributed by atoms with E-state index in [1.54, 1.807) is 36.7 Å². The Morgan fingerprint density at radius 2 is 1.10 bits per heavy atom. The van der Waals surface area contributed by atoms with Crippen LogP contribution in [-0.4, -0.2) is 34.1 Å². The van der Waals surface area contributed by atoms with E-state index in [-0.39, 0.29) is 20.4 Å². The maximum Gasteiger partial charge on any atom is 0.0964 e. The fraction of sp³-hybridized carbons (Fsp3) is 0.0800. The summed E-state index contributed by atoms with van der Waals surface area (Å²) in [5.74, 6) is 0.476. The number of hydrogen-bond donors (Lipinski definition) is 0. The standard InChI is InChI=1S/C12H8N2.C8H4N5.2CHCl3.3CO.Re/c1-3-9-5-6-10-4-2-8-14-12(10)11(9)13-7-1;9-5-6-1-3-7(4-2-6)8-10-12-13-11-8;2*2-1(3)4;3*1-2;/h1-8H;1-4H;2*1H;;;;/q;-1;;;;;;. The minimum Gasteiger partial charge on any atom is -0.254 e. The van der Waals surface area contributed by atoms with Gasteiger partial charge in [-0.25, -0.2) is 0 Å². The molecule has 0 amide bonds. The molecule has 0 saturated heterocycles. The van der Waals surface area contributed by atoms with Crippen molar-refractivity contribution in [3.63, 3.8) is 0 Å². The third-order valence-corrected chi connectivity index (χ3v) is 3.94. The molecule has 3 heterocycles. The molecule has 5 aromatic rings. The van der Waals surface area contributed by atoms with Crippen LogP contribution in [0.1, 0.15) is 5.56 Å². The van der Waals surface area contributed by atoms with Gasteiger partial charge in [-0.15, -0.1) is 0 Å². The maximum absolute atomic E-state index is 8.55. The summed E-state index contributed by atoms with van der Waals surface area (Å²) in [5, 5.41) is 24.9. The molecule has 0 atom stereocenters. The number of pyridine rings is 2. The van der Waals surface area contributed by atoms with Gasteiger partial charge in [-0.05, 0) is 29.8 Å². The molecule has 0 spiro atoms. The predicted octanol–water partition coefficient (Wildman–Crippen LogP) is 7.01.